The predicted octanol–water partition coefficient (Wildman–Crippen LogP) is 8.37. The Balaban J connectivity index is -0.000000449. The molecule has 0 atom stereocenters. The van der Waals surface area contributed by atoms with Crippen molar-refractivity contribution in [3.05, 3.63) is 0 Å². The van der Waals surface area contributed by atoms with E-state index in [1.165, 1.54) is 0 Å². The summed E-state index contributed by atoms with van der Waals surface area (Å²) in [6.45, 7) is 21.8. The van der Waals surface area contributed by atoms with Crippen molar-refractivity contribution in [2.45, 2.75) is 134 Å². The predicted molar refractivity (Wildman–Crippen MR) is 142 cm³/mol. The molecule has 0 aromatic rings. The van der Waals surface area contributed by atoms with Crippen LogP contribution in [-0.2, 0) is 19.2 Å². The lowest BCUT2D eigenvalue weighted by Gasteiger charge is -2.25. The number of hydrogen-bond donors (Lipinski definition) is 0. The van der Waals surface area contributed by atoms with Crippen LogP contribution < -0.4 is 0 Å². The molecule has 0 rings (SSSR count). The van der Waals surface area contributed by atoms with E-state index in [0.717, 1.165) is 51.4 Å². The minimum Gasteiger partial charge on any atom is -0.299 e. The molecule has 0 aliphatic rings. The first-order chi connectivity index (χ1) is 15.2. The second-order valence-electron chi connectivity index (χ2n) is 9.49. The topological polar surface area (TPSA) is 68.3 Å². The fourth-order valence-electron chi connectivity index (χ4n) is 3.26. The summed E-state index contributed by atoms with van der Waals surface area (Å²) in [5.74, 6) is 0.712. The van der Waals surface area contributed by atoms with Crippen LogP contribution in [0.2, 0.25) is 0 Å². The van der Waals surface area contributed by atoms with Gasteiger partial charge in [-0.25, -0.2) is 0 Å². The van der Waals surface area contributed by atoms with Crippen LogP contribution in [-0.4, -0.2) is 22.6 Å². The maximum absolute atomic E-state index is 12.1. The summed E-state index contributed by atoms with van der Waals surface area (Å²) in [4.78, 5) is 45.2. The van der Waals surface area contributed by atoms with Gasteiger partial charge in [0.25, 0.3) is 0 Å². The average molecular weight is 489 g/mol. The van der Waals surface area contributed by atoms with E-state index in [1.54, 1.807) is 6.92 Å². The standard InChI is InChI=1S/C14H26O2.C8H16O.C6H11ClO/c1-6-11(7-2)12(15)10-13(16)14(5,8-3)9-4;1-5-8(4,6-2)7(3)9;1-3-5(4-2)6(7)8/h11H,6-10H2,1-5H3;5-6H2,1-4H3;5H,3-4H2,1-2H3. The molecule has 0 aliphatic heterocycles. The van der Waals surface area contributed by atoms with Crippen molar-refractivity contribution in [2.24, 2.45) is 22.7 Å². The lowest BCUT2D eigenvalue weighted by atomic mass is 9.77. The van der Waals surface area contributed by atoms with Gasteiger partial charge in [-0.05, 0) is 69.9 Å². The van der Waals surface area contributed by atoms with Gasteiger partial charge in [0.15, 0.2) is 0 Å². The summed E-state index contributed by atoms with van der Waals surface area (Å²) in [6.07, 6.45) is 7.09. The number of carbonyl (C=O) groups excluding carboxylic acids is 4. The molecule has 0 aliphatic carbocycles. The van der Waals surface area contributed by atoms with Crippen LogP contribution in [0.15, 0.2) is 0 Å². The SMILES string of the molecule is CCC(C)(CC)C(C)=O.CCC(CC)C(=O)CC(=O)C(C)(CC)CC.CCC(CC)C(=O)Cl. The molecule has 0 bridgehead atoms. The third-order valence-electron chi connectivity index (χ3n) is 7.73. The number of hydrogen-bond acceptors (Lipinski definition) is 4. The first-order valence-corrected chi connectivity index (χ1v) is 13.4. The normalized spacial score (nSPS) is 11.3. The lowest BCUT2D eigenvalue weighted by molar-refractivity contribution is -0.135. The monoisotopic (exact) mass is 488 g/mol. The van der Waals surface area contributed by atoms with Gasteiger partial charge in [-0.15, -0.1) is 0 Å². The van der Waals surface area contributed by atoms with Crippen molar-refractivity contribution < 1.29 is 19.2 Å². The van der Waals surface area contributed by atoms with Crippen molar-refractivity contribution in [3.8, 4) is 0 Å². The highest BCUT2D eigenvalue weighted by atomic mass is 35.5. The Kier molecular flexibility index (Phi) is 21.4. The number of ketones is 3. The smallest absolute Gasteiger partial charge is 0.224 e. The maximum atomic E-state index is 12.1. The van der Waals surface area contributed by atoms with E-state index < -0.39 is 0 Å². The molecule has 0 aromatic carbocycles. The Morgan fingerprint density at radius 2 is 0.970 bits per heavy atom. The Hall–Kier alpha value is -1.03. The molecule has 0 heterocycles. The summed E-state index contributed by atoms with van der Waals surface area (Å²) in [5.41, 5.74) is -0.359. The van der Waals surface area contributed by atoms with Gasteiger partial charge in [0.05, 0.1) is 6.42 Å². The molecule has 0 amide bonds. The maximum Gasteiger partial charge on any atom is 0.224 e. The molecule has 0 N–H and O–H groups in total. The Bertz CT molecular complexity index is 566. The molecule has 0 saturated carbocycles. The summed E-state index contributed by atoms with van der Waals surface area (Å²) >= 11 is 5.21. The molecule has 4 nitrogen and oxygen atoms in total. The van der Waals surface area contributed by atoms with Crippen LogP contribution in [0, 0.1) is 22.7 Å². The second-order valence-corrected chi connectivity index (χ2v) is 9.86. The van der Waals surface area contributed by atoms with Crippen LogP contribution in [0.3, 0.4) is 0 Å². The minimum absolute atomic E-state index is 0.0556. The van der Waals surface area contributed by atoms with Gasteiger partial charge in [-0.3, -0.25) is 19.2 Å². The van der Waals surface area contributed by atoms with E-state index in [4.69, 9.17) is 11.6 Å². The highest BCUT2D eigenvalue weighted by Crippen LogP contribution is 2.29. The highest BCUT2D eigenvalue weighted by Gasteiger charge is 2.31. The van der Waals surface area contributed by atoms with Crippen LogP contribution in [0.5, 0.6) is 0 Å². The second kappa shape index (κ2) is 19.3. The van der Waals surface area contributed by atoms with E-state index in [0.29, 0.717) is 5.78 Å². The number of carbonyl (C=O) groups is 4. The van der Waals surface area contributed by atoms with Crippen LogP contribution in [0.1, 0.15) is 134 Å². The summed E-state index contributed by atoms with van der Waals surface area (Å²) in [6, 6.07) is 0. The highest BCUT2D eigenvalue weighted by molar-refractivity contribution is 6.63. The van der Waals surface area contributed by atoms with Gasteiger partial charge in [0, 0.05) is 22.7 Å². The Morgan fingerprint density at radius 1 is 0.636 bits per heavy atom. The van der Waals surface area contributed by atoms with Gasteiger partial charge >= 0.3 is 0 Å². The number of rotatable bonds is 14. The Morgan fingerprint density at radius 3 is 1.12 bits per heavy atom. The van der Waals surface area contributed by atoms with Gasteiger partial charge in [-0.1, -0.05) is 69.2 Å². The van der Waals surface area contributed by atoms with E-state index >= 15 is 0 Å². The van der Waals surface area contributed by atoms with Crippen molar-refractivity contribution in [3.63, 3.8) is 0 Å². The van der Waals surface area contributed by atoms with Gasteiger partial charge in [0.2, 0.25) is 5.24 Å². The third kappa shape index (κ3) is 14.1. The summed E-state index contributed by atoms with van der Waals surface area (Å²) < 4.78 is 0. The zero-order valence-electron chi connectivity index (χ0n) is 23.5. The zero-order valence-corrected chi connectivity index (χ0v) is 24.3. The van der Waals surface area contributed by atoms with Crippen molar-refractivity contribution >= 4 is 34.2 Å². The van der Waals surface area contributed by atoms with E-state index in [1.807, 2.05) is 55.4 Å². The van der Waals surface area contributed by atoms with Crippen molar-refractivity contribution in [2.75, 3.05) is 0 Å². The number of Topliss-reactive ketones (excluding diaryl/α,β-unsaturated/α-hetero) is 3. The third-order valence-corrected chi connectivity index (χ3v) is 8.04. The van der Waals surface area contributed by atoms with E-state index in [-0.39, 0.29) is 45.9 Å². The fraction of sp³-hybridized carbons (Fsp3) is 0.857. The molecule has 33 heavy (non-hydrogen) atoms. The van der Waals surface area contributed by atoms with Crippen LogP contribution in [0.4, 0.5) is 0 Å². The van der Waals surface area contributed by atoms with Crippen LogP contribution >= 0.6 is 11.6 Å². The largest absolute Gasteiger partial charge is 0.299 e. The van der Waals surface area contributed by atoms with Gasteiger partial charge in [0.1, 0.15) is 17.3 Å². The average Bonchev–Trinajstić information content (AvgIpc) is 2.79. The minimum atomic E-state index is -0.304. The first kappa shape index (κ1) is 36.5. The molecule has 0 fully saturated rings. The molecule has 0 radical (unpaired) electrons. The molecule has 0 aromatic heterocycles. The molecule has 0 unspecified atom stereocenters. The van der Waals surface area contributed by atoms with Crippen molar-refractivity contribution in [1.82, 2.24) is 0 Å². The molecule has 0 saturated heterocycles. The number of halogens is 1. The molecular weight excluding hydrogens is 436 g/mol. The quantitative estimate of drug-likeness (QED) is 0.182. The van der Waals surface area contributed by atoms with Gasteiger partial charge < -0.3 is 0 Å². The summed E-state index contributed by atoms with van der Waals surface area (Å²) in [5, 5.41) is -0.199. The summed E-state index contributed by atoms with van der Waals surface area (Å²) in [7, 11) is 0. The molecule has 5 heteroatoms. The zero-order chi connectivity index (χ0) is 26.8. The van der Waals surface area contributed by atoms with Gasteiger partial charge in [-0.2, -0.15) is 0 Å². The Labute approximate surface area is 210 Å². The first-order valence-electron chi connectivity index (χ1n) is 13.0. The van der Waals surface area contributed by atoms with Crippen LogP contribution in [0.25, 0.3) is 0 Å². The molecule has 0 spiro atoms. The molecular formula is C28H53ClO4. The van der Waals surface area contributed by atoms with Crippen molar-refractivity contribution in [1.29, 1.82) is 0 Å². The van der Waals surface area contributed by atoms with E-state index in [2.05, 4.69) is 13.8 Å². The lowest BCUT2D eigenvalue weighted by Crippen LogP contribution is -2.30. The molecule has 196 valence electrons. The van der Waals surface area contributed by atoms with E-state index in [9.17, 15) is 19.2 Å². The fourth-order valence-corrected chi connectivity index (χ4v) is 3.57.